The zero-order chi connectivity index (χ0) is 16.9. The fourth-order valence-electron chi connectivity index (χ4n) is 2.90. The molecule has 2 aromatic rings. The van der Waals surface area contributed by atoms with Crippen LogP contribution in [-0.4, -0.2) is 22.8 Å². The van der Waals surface area contributed by atoms with Crippen LogP contribution in [0.3, 0.4) is 0 Å². The van der Waals surface area contributed by atoms with Crippen LogP contribution >= 0.6 is 0 Å². The van der Waals surface area contributed by atoms with Gasteiger partial charge in [-0.05, 0) is 37.8 Å². The maximum atomic E-state index is 12.0. The number of nitrogens with zero attached hydrogens (tertiary/aromatic N) is 2. The predicted octanol–water partition coefficient (Wildman–Crippen LogP) is 2.72. The molecule has 128 valence electrons. The van der Waals surface area contributed by atoms with Gasteiger partial charge in [0, 0.05) is 37.6 Å². The van der Waals surface area contributed by atoms with Gasteiger partial charge in [-0.3, -0.25) is 4.79 Å². The van der Waals surface area contributed by atoms with Crippen molar-refractivity contribution in [3.63, 3.8) is 0 Å². The van der Waals surface area contributed by atoms with Crippen LogP contribution in [0.25, 0.3) is 0 Å². The van der Waals surface area contributed by atoms with Gasteiger partial charge < -0.3 is 19.4 Å². The fourth-order valence-corrected chi connectivity index (χ4v) is 2.90. The number of methoxy groups -OCH3 is 1. The minimum Gasteiger partial charge on any atom is -0.497 e. The Morgan fingerprint density at radius 3 is 2.88 bits per heavy atom. The van der Waals surface area contributed by atoms with E-state index in [1.807, 2.05) is 18.2 Å². The molecule has 3 rings (SSSR count). The second-order valence-corrected chi connectivity index (χ2v) is 6.04. The Bertz CT molecular complexity index is 751. The number of hydrogen-bond acceptors (Lipinski definition) is 5. The number of aryl methyl sites for hydroxylation is 1. The standard InChI is InChI=1S/C18H23N3O3/c1-21-10-9-19-17(18(21)22)20-12-13-7-8-15(23-2)11-16(13)24-14-5-3-4-6-14/h7-11,14H,3-6,12H2,1-2H3,(H,19,20). The Balaban J connectivity index is 1.78. The number of anilines is 1. The molecule has 0 aliphatic heterocycles. The van der Waals surface area contributed by atoms with Crippen LogP contribution in [0.5, 0.6) is 11.5 Å². The summed E-state index contributed by atoms with van der Waals surface area (Å²) in [6.07, 6.45) is 8.11. The second kappa shape index (κ2) is 7.38. The van der Waals surface area contributed by atoms with E-state index in [4.69, 9.17) is 9.47 Å². The van der Waals surface area contributed by atoms with Gasteiger partial charge in [-0.2, -0.15) is 0 Å². The summed E-state index contributed by atoms with van der Waals surface area (Å²) in [5, 5.41) is 3.11. The van der Waals surface area contributed by atoms with E-state index in [0.29, 0.717) is 12.4 Å². The summed E-state index contributed by atoms with van der Waals surface area (Å²) in [5.41, 5.74) is 0.833. The SMILES string of the molecule is COc1ccc(CNc2nccn(C)c2=O)c(OC2CCCC2)c1. The number of hydrogen-bond donors (Lipinski definition) is 1. The zero-order valence-electron chi connectivity index (χ0n) is 14.1. The van der Waals surface area contributed by atoms with Crippen LogP contribution in [-0.2, 0) is 13.6 Å². The average molecular weight is 329 g/mol. The lowest BCUT2D eigenvalue weighted by Crippen LogP contribution is -2.22. The number of benzene rings is 1. The highest BCUT2D eigenvalue weighted by atomic mass is 16.5. The van der Waals surface area contributed by atoms with Crippen molar-refractivity contribution < 1.29 is 9.47 Å². The van der Waals surface area contributed by atoms with Gasteiger partial charge in [0.25, 0.3) is 5.56 Å². The maximum absolute atomic E-state index is 12.0. The monoisotopic (exact) mass is 329 g/mol. The van der Waals surface area contributed by atoms with E-state index in [0.717, 1.165) is 29.9 Å². The van der Waals surface area contributed by atoms with E-state index >= 15 is 0 Å². The van der Waals surface area contributed by atoms with E-state index in [2.05, 4.69) is 10.3 Å². The van der Waals surface area contributed by atoms with E-state index in [-0.39, 0.29) is 11.7 Å². The molecule has 1 aliphatic carbocycles. The Morgan fingerprint density at radius 2 is 2.12 bits per heavy atom. The molecular weight excluding hydrogens is 306 g/mol. The molecule has 1 aromatic carbocycles. The summed E-state index contributed by atoms with van der Waals surface area (Å²) in [6, 6.07) is 5.77. The molecule has 0 atom stereocenters. The third-order valence-corrected chi connectivity index (χ3v) is 4.33. The molecule has 1 saturated carbocycles. The first-order chi connectivity index (χ1) is 11.7. The average Bonchev–Trinajstić information content (AvgIpc) is 3.10. The summed E-state index contributed by atoms with van der Waals surface area (Å²) >= 11 is 0. The van der Waals surface area contributed by atoms with Gasteiger partial charge in [0.2, 0.25) is 0 Å². The van der Waals surface area contributed by atoms with Crippen LogP contribution in [0.2, 0.25) is 0 Å². The van der Waals surface area contributed by atoms with Crippen LogP contribution in [0, 0.1) is 0 Å². The number of aromatic nitrogens is 2. The van der Waals surface area contributed by atoms with Crippen molar-refractivity contribution in [3.05, 3.63) is 46.5 Å². The van der Waals surface area contributed by atoms with Crippen molar-refractivity contribution in [2.24, 2.45) is 7.05 Å². The molecule has 6 nitrogen and oxygen atoms in total. The Morgan fingerprint density at radius 1 is 1.33 bits per heavy atom. The van der Waals surface area contributed by atoms with Crippen LogP contribution in [0.4, 0.5) is 5.82 Å². The summed E-state index contributed by atoms with van der Waals surface area (Å²) in [5.74, 6) is 1.91. The van der Waals surface area contributed by atoms with E-state index < -0.39 is 0 Å². The van der Waals surface area contributed by atoms with E-state index in [1.54, 1.807) is 26.6 Å². The highest BCUT2D eigenvalue weighted by Crippen LogP contribution is 2.30. The molecule has 1 fully saturated rings. The first-order valence-corrected chi connectivity index (χ1v) is 8.26. The molecule has 1 aliphatic rings. The van der Waals surface area contributed by atoms with Crippen LogP contribution in [0.1, 0.15) is 31.2 Å². The number of ether oxygens (including phenoxy) is 2. The van der Waals surface area contributed by atoms with E-state index in [9.17, 15) is 4.79 Å². The normalized spacial score (nSPS) is 14.6. The molecule has 0 saturated heterocycles. The Labute approximate surface area is 141 Å². The van der Waals surface area contributed by atoms with Crippen LogP contribution < -0.4 is 20.3 Å². The minimum absolute atomic E-state index is 0.149. The van der Waals surface area contributed by atoms with Gasteiger partial charge in [0.1, 0.15) is 11.5 Å². The van der Waals surface area contributed by atoms with Crippen molar-refractivity contribution in [1.82, 2.24) is 9.55 Å². The molecule has 0 bridgehead atoms. The largest absolute Gasteiger partial charge is 0.497 e. The fraction of sp³-hybridized carbons (Fsp3) is 0.444. The van der Waals surface area contributed by atoms with Crippen molar-refractivity contribution in [2.45, 2.75) is 38.3 Å². The molecule has 24 heavy (non-hydrogen) atoms. The lowest BCUT2D eigenvalue weighted by atomic mass is 10.1. The molecule has 0 unspecified atom stereocenters. The van der Waals surface area contributed by atoms with Crippen LogP contribution in [0.15, 0.2) is 35.4 Å². The van der Waals surface area contributed by atoms with Crippen molar-refractivity contribution >= 4 is 5.82 Å². The maximum Gasteiger partial charge on any atom is 0.293 e. The lowest BCUT2D eigenvalue weighted by molar-refractivity contribution is 0.207. The predicted molar refractivity (Wildman–Crippen MR) is 92.7 cm³/mol. The quantitative estimate of drug-likeness (QED) is 0.883. The first-order valence-electron chi connectivity index (χ1n) is 8.26. The Kier molecular flexibility index (Phi) is 5.03. The third-order valence-electron chi connectivity index (χ3n) is 4.33. The first kappa shape index (κ1) is 16.4. The van der Waals surface area contributed by atoms with Gasteiger partial charge >= 0.3 is 0 Å². The van der Waals surface area contributed by atoms with E-state index in [1.165, 1.54) is 17.4 Å². The van der Waals surface area contributed by atoms with Gasteiger partial charge in [-0.1, -0.05) is 0 Å². The minimum atomic E-state index is -0.149. The molecule has 0 amide bonds. The highest BCUT2D eigenvalue weighted by Gasteiger charge is 2.18. The van der Waals surface area contributed by atoms with Gasteiger partial charge in [0.15, 0.2) is 5.82 Å². The van der Waals surface area contributed by atoms with Gasteiger partial charge in [-0.25, -0.2) is 4.98 Å². The third kappa shape index (κ3) is 3.69. The molecule has 1 N–H and O–H groups in total. The molecule has 6 heteroatoms. The lowest BCUT2D eigenvalue weighted by Gasteiger charge is -2.18. The smallest absolute Gasteiger partial charge is 0.293 e. The second-order valence-electron chi connectivity index (χ2n) is 6.04. The zero-order valence-corrected chi connectivity index (χ0v) is 14.1. The van der Waals surface area contributed by atoms with Gasteiger partial charge in [0.05, 0.1) is 13.2 Å². The Hall–Kier alpha value is -2.50. The molecule has 1 aromatic heterocycles. The van der Waals surface area contributed by atoms with Crippen molar-refractivity contribution in [3.8, 4) is 11.5 Å². The summed E-state index contributed by atoms with van der Waals surface area (Å²) in [6.45, 7) is 0.471. The van der Waals surface area contributed by atoms with Crippen molar-refractivity contribution in [1.29, 1.82) is 0 Å². The number of nitrogens with one attached hydrogen (secondary N) is 1. The summed E-state index contributed by atoms with van der Waals surface area (Å²) in [4.78, 5) is 16.2. The highest BCUT2D eigenvalue weighted by molar-refractivity contribution is 5.43. The summed E-state index contributed by atoms with van der Waals surface area (Å²) < 4.78 is 13.0. The number of rotatable bonds is 6. The summed E-state index contributed by atoms with van der Waals surface area (Å²) in [7, 11) is 3.35. The van der Waals surface area contributed by atoms with Gasteiger partial charge in [-0.15, -0.1) is 0 Å². The molecule has 0 spiro atoms. The van der Waals surface area contributed by atoms with Crippen molar-refractivity contribution in [2.75, 3.05) is 12.4 Å². The molecule has 0 radical (unpaired) electrons. The molecule has 1 heterocycles. The topological polar surface area (TPSA) is 65.4 Å². The molecular formula is C18H23N3O3.